The van der Waals surface area contributed by atoms with Crippen LogP contribution in [0.4, 0.5) is 11.4 Å². The number of nitrogen functional groups attached to an aromatic ring is 1. The number of rotatable bonds is 5. The van der Waals surface area contributed by atoms with Crippen molar-refractivity contribution in [1.29, 1.82) is 0 Å². The van der Waals surface area contributed by atoms with Crippen LogP contribution in [0.1, 0.15) is 25.7 Å². The molecule has 3 heteroatoms. The van der Waals surface area contributed by atoms with Crippen molar-refractivity contribution >= 4 is 11.4 Å². The summed E-state index contributed by atoms with van der Waals surface area (Å²) < 4.78 is 5.23. The van der Waals surface area contributed by atoms with Crippen LogP contribution in [0.2, 0.25) is 0 Å². The van der Waals surface area contributed by atoms with Crippen LogP contribution in [0.15, 0.2) is 18.2 Å². The van der Waals surface area contributed by atoms with Gasteiger partial charge >= 0.3 is 0 Å². The van der Waals surface area contributed by atoms with Gasteiger partial charge in [-0.2, -0.15) is 0 Å². The van der Waals surface area contributed by atoms with Crippen molar-refractivity contribution in [2.24, 2.45) is 11.3 Å². The van der Waals surface area contributed by atoms with Gasteiger partial charge in [-0.25, -0.2) is 0 Å². The minimum Gasteiger partial charge on any atom is -0.495 e. The molecule has 0 radical (unpaired) electrons. The predicted octanol–water partition coefficient (Wildman–Crippen LogP) is 2.88. The van der Waals surface area contributed by atoms with E-state index in [-0.39, 0.29) is 0 Å². The number of nitrogens with one attached hydrogen (secondary N) is 1. The molecule has 0 atom stereocenters. The van der Waals surface area contributed by atoms with Crippen molar-refractivity contribution in [3.05, 3.63) is 18.2 Å². The van der Waals surface area contributed by atoms with Crippen molar-refractivity contribution in [2.75, 3.05) is 24.7 Å². The van der Waals surface area contributed by atoms with E-state index in [1.54, 1.807) is 7.11 Å². The van der Waals surface area contributed by atoms with E-state index in [2.05, 4.69) is 5.32 Å². The van der Waals surface area contributed by atoms with Crippen LogP contribution >= 0.6 is 0 Å². The Bertz CT molecular complexity index is 422. The molecule has 92 valence electrons. The Morgan fingerprint density at radius 2 is 2.18 bits per heavy atom. The third-order valence-corrected chi connectivity index (χ3v) is 4.21. The zero-order chi connectivity index (χ0) is 11.9. The molecule has 0 saturated heterocycles. The highest BCUT2D eigenvalue weighted by atomic mass is 16.5. The van der Waals surface area contributed by atoms with E-state index in [4.69, 9.17) is 10.5 Å². The topological polar surface area (TPSA) is 47.3 Å². The van der Waals surface area contributed by atoms with Crippen LogP contribution < -0.4 is 15.8 Å². The summed E-state index contributed by atoms with van der Waals surface area (Å²) in [6.07, 6.45) is 5.67. The first-order valence-corrected chi connectivity index (χ1v) is 6.41. The van der Waals surface area contributed by atoms with E-state index >= 15 is 0 Å². The van der Waals surface area contributed by atoms with Crippen molar-refractivity contribution in [1.82, 2.24) is 0 Å². The molecule has 1 aromatic carbocycles. The molecular weight excluding hydrogens is 212 g/mol. The van der Waals surface area contributed by atoms with Gasteiger partial charge in [-0.15, -0.1) is 0 Å². The summed E-state index contributed by atoms with van der Waals surface area (Å²) in [7, 11) is 1.65. The standard InChI is InChI=1S/C14H20N2O/c1-17-13-8-11(4-5-12(13)15)16-9-14(6-7-14)10-2-3-10/h4-5,8,10,16H,2-3,6-7,9,15H2,1H3. The molecule has 2 aliphatic carbocycles. The van der Waals surface area contributed by atoms with E-state index in [0.717, 1.165) is 23.9 Å². The van der Waals surface area contributed by atoms with Crippen LogP contribution in [-0.2, 0) is 0 Å². The van der Waals surface area contributed by atoms with Gasteiger partial charge in [0.1, 0.15) is 5.75 Å². The lowest BCUT2D eigenvalue weighted by molar-refractivity contribution is 0.417. The van der Waals surface area contributed by atoms with E-state index in [1.807, 2.05) is 18.2 Å². The Kier molecular flexibility index (Phi) is 2.42. The van der Waals surface area contributed by atoms with Crippen molar-refractivity contribution in [3.8, 4) is 5.75 Å². The Labute approximate surface area is 102 Å². The zero-order valence-corrected chi connectivity index (χ0v) is 10.3. The van der Waals surface area contributed by atoms with Gasteiger partial charge in [-0.1, -0.05) is 0 Å². The summed E-state index contributed by atoms with van der Waals surface area (Å²) in [6, 6.07) is 5.91. The van der Waals surface area contributed by atoms with Gasteiger partial charge in [0.2, 0.25) is 0 Å². The molecule has 2 aliphatic rings. The average Bonchev–Trinajstić information content (AvgIpc) is 3.19. The second-order valence-corrected chi connectivity index (χ2v) is 5.45. The Morgan fingerprint density at radius 1 is 1.41 bits per heavy atom. The predicted molar refractivity (Wildman–Crippen MR) is 70.3 cm³/mol. The van der Waals surface area contributed by atoms with Gasteiger partial charge in [0.05, 0.1) is 12.8 Å². The minimum atomic E-state index is 0.620. The molecule has 1 aromatic rings. The molecule has 0 aliphatic heterocycles. The van der Waals surface area contributed by atoms with Crippen molar-refractivity contribution in [2.45, 2.75) is 25.7 Å². The van der Waals surface area contributed by atoms with E-state index in [9.17, 15) is 0 Å². The summed E-state index contributed by atoms with van der Waals surface area (Å²) in [5.74, 6) is 1.75. The number of hydrogen-bond acceptors (Lipinski definition) is 3. The molecule has 0 bridgehead atoms. The third-order valence-electron chi connectivity index (χ3n) is 4.21. The number of methoxy groups -OCH3 is 1. The molecule has 3 N–H and O–H groups in total. The van der Waals surface area contributed by atoms with Crippen LogP contribution in [0.25, 0.3) is 0 Å². The fourth-order valence-electron chi connectivity index (χ4n) is 2.68. The van der Waals surface area contributed by atoms with Crippen LogP contribution in [0, 0.1) is 11.3 Å². The maximum absolute atomic E-state index is 5.80. The Balaban J connectivity index is 1.65. The summed E-state index contributed by atoms with van der Waals surface area (Å²) in [5, 5.41) is 3.54. The van der Waals surface area contributed by atoms with Crippen molar-refractivity contribution in [3.63, 3.8) is 0 Å². The second-order valence-electron chi connectivity index (χ2n) is 5.45. The summed E-state index contributed by atoms with van der Waals surface area (Å²) in [4.78, 5) is 0. The molecule has 2 fully saturated rings. The zero-order valence-electron chi connectivity index (χ0n) is 10.3. The monoisotopic (exact) mass is 232 g/mol. The number of anilines is 2. The van der Waals surface area contributed by atoms with Gasteiger partial charge < -0.3 is 15.8 Å². The Morgan fingerprint density at radius 3 is 2.76 bits per heavy atom. The molecular formula is C14H20N2O. The van der Waals surface area contributed by atoms with Gasteiger partial charge in [0, 0.05) is 18.3 Å². The first-order chi connectivity index (χ1) is 8.23. The lowest BCUT2D eigenvalue weighted by atomic mass is 10.0. The quantitative estimate of drug-likeness (QED) is 0.767. The lowest BCUT2D eigenvalue weighted by Gasteiger charge is -2.16. The largest absolute Gasteiger partial charge is 0.495 e. The van der Waals surface area contributed by atoms with Crippen LogP contribution in [0.5, 0.6) is 5.75 Å². The summed E-state index contributed by atoms with van der Waals surface area (Å²) in [5.41, 5.74) is 8.23. The van der Waals surface area contributed by atoms with Crippen LogP contribution in [0.3, 0.4) is 0 Å². The van der Waals surface area contributed by atoms with Gasteiger partial charge in [-0.05, 0) is 49.1 Å². The van der Waals surface area contributed by atoms with E-state index < -0.39 is 0 Å². The molecule has 0 heterocycles. The number of ether oxygens (including phenoxy) is 1. The maximum Gasteiger partial charge on any atom is 0.143 e. The molecule has 2 saturated carbocycles. The summed E-state index contributed by atoms with van der Waals surface area (Å²) >= 11 is 0. The number of hydrogen-bond donors (Lipinski definition) is 2. The molecule has 17 heavy (non-hydrogen) atoms. The van der Waals surface area contributed by atoms with Gasteiger partial charge in [-0.3, -0.25) is 0 Å². The normalized spacial score (nSPS) is 21.0. The van der Waals surface area contributed by atoms with Gasteiger partial charge in [0.25, 0.3) is 0 Å². The Hall–Kier alpha value is -1.38. The summed E-state index contributed by atoms with van der Waals surface area (Å²) in [6.45, 7) is 1.10. The molecule has 3 nitrogen and oxygen atoms in total. The average molecular weight is 232 g/mol. The second kappa shape index (κ2) is 3.83. The SMILES string of the molecule is COc1cc(NCC2(C3CC3)CC2)ccc1N. The molecule has 0 spiro atoms. The third kappa shape index (κ3) is 2.06. The first-order valence-electron chi connectivity index (χ1n) is 6.41. The van der Waals surface area contributed by atoms with E-state index in [0.29, 0.717) is 11.1 Å². The fourth-order valence-corrected chi connectivity index (χ4v) is 2.68. The number of benzene rings is 1. The van der Waals surface area contributed by atoms with Gasteiger partial charge in [0.15, 0.2) is 0 Å². The van der Waals surface area contributed by atoms with E-state index in [1.165, 1.54) is 25.7 Å². The smallest absolute Gasteiger partial charge is 0.143 e. The minimum absolute atomic E-state index is 0.620. The first kappa shape index (κ1) is 10.8. The lowest BCUT2D eigenvalue weighted by Crippen LogP contribution is -2.17. The highest BCUT2D eigenvalue weighted by molar-refractivity contribution is 5.61. The number of nitrogens with two attached hydrogens (primary N) is 1. The van der Waals surface area contributed by atoms with Crippen LogP contribution in [-0.4, -0.2) is 13.7 Å². The maximum atomic E-state index is 5.80. The van der Waals surface area contributed by atoms with Crippen molar-refractivity contribution < 1.29 is 4.74 Å². The highest BCUT2D eigenvalue weighted by Crippen LogP contribution is 2.61. The fraction of sp³-hybridized carbons (Fsp3) is 0.571. The molecule has 0 unspecified atom stereocenters. The highest BCUT2D eigenvalue weighted by Gasteiger charge is 2.53. The molecule has 0 aromatic heterocycles. The molecule has 3 rings (SSSR count). The molecule has 0 amide bonds.